The Morgan fingerprint density at radius 3 is 2.71 bits per heavy atom. The van der Waals surface area contributed by atoms with Crippen molar-refractivity contribution < 1.29 is 9.90 Å². The van der Waals surface area contributed by atoms with Crippen molar-refractivity contribution in [2.45, 2.75) is 38.1 Å². The Hall–Kier alpha value is -0.280. The normalized spacial score (nSPS) is 41.2. The van der Waals surface area contributed by atoms with E-state index in [-0.39, 0.29) is 12.4 Å². The van der Waals surface area contributed by atoms with Crippen LogP contribution in [-0.2, 0) is 4.79 Å². The van der Waals surface area contributed by atoms with Crippen molar-refractivity contribution in [3.8, 4) is 0 Å². The molecule has 1 aliphatic carbocycles. The zero-order valence-electron chi connectivity index (χ0n) is 8.45. The molecule has 0 bridgehead atoms. The molecule has 1 saturated carbocycles. The molecule has 2 fully saturated rings. The van der Waals surface area contributed by atoms with Gasteiger partial charge in [0.1, 0.15) is 5.54 Å². The van der Waals surface area contributed by atoms with Crippen LogP contribution in [0.25, 0.3) is 0 Å². The molecule has 0 aromatic rings. The van der Waals surface area contributed by atoms with Crippen LogP contribution >= 0.6 is 12.4 Å². The minimum atomic E-state index is -0.679. The maximum absolute atomic E-state index is 11.1. The first-order chi connectivity index (χ1) is 6.14. The summed E-state index contributed by atoms with van der Waals surface area (Å²) >= 11 is 0. The molecule has 3 nitrogen and oxygen atoms in total. The molecule has 0 spiro atoms. The summed E-state index contributed by atoms with van der Waals surface area (Å²) in [6.45, 7) is 2.73. The molecule has 1 saturated heterocycles. The van der Waals surface area contributed by atoms with Gasteiger partial charge in [0, 0.05) is 0 Å². The second-order valence-corrected chi connectivity index (χ2v) is 4.54. The molecule has 2 aliphatic rings. The number of rotatable bonds is 1. The number of carbonyl (C=O) groups is 1. The van der Waals surface area contributed by atoms with Gasteiger partial charge < -0.3 is 10.4 Å². The van der Waals surface area contributed by atoms with Gasteiger partial charge in [-0.25, -0.2) is 0 Å². The predicted octanol–water partition coefficient (Wildman–Crippen LogP) is 1.66. The van der Waals surface area contributed by atoms with Gasteiger partial charge in [0.2, 0.25) is 0 Å². The highest BCUT2D eigenvalue weighted by Gasteiger charge is 2.50. The van der Waals surface area contributed by atoms with Gasteiger partial charge in [-0.1, -0.05) is 12.8 Å². The number of carboxylic acids is 1. The third-order valence-corrected chi connectivity index (χ3v) is 3.83. The summed E-state index contributed by atoms with van der Waals surface area (Å²) in [6.07, 6.45) is 4.77. The molecule has 82 valence electrons. The van der Waals surface area contributed by atoms with Gasteiger partial charge in [-0.3, -0.25) is 4.79 Å². The first-order valence-corrected chi connectivity index (χ1v) is 5.13. The first kappa shape index (κ1) is 11.8. The summed E-state index contributed by atoms with van der Waals surface area (Å²) in [7, 11) is 0. The van der Waals surface area contributed by atoms with Gasteiger partial charge in [0.15, 0.2) is 0 Å². The van der Waals surface area contributed by atoms with Crippen LogP contribution < -0.4 is 5.32 Å². The van der Waals surface area contributed by atoms with E-state index in [0.29, 0.717) is 11.8 Å². The lowest BCUT2D eigenvalue weighted by molar-refractivity contribution is -0.145. The van der Waals surface area contributed by atoms with Crippen LogP contribution in [0.1, 0.15) is 32.6 Å². The lowest BCUT2D eigenvalue weighted by Gasteiger charge is -2.32. The van der Waals surface area contributed by atoms with E-state index < -0.39 is 11.5 Å². The minimum Gasteiger partial charge on any atom is -0.480 e. The van der Waals surface area contributed by atoms with Gasteiger partial charge in [-0.2, -0.15) is 0 Å². The van der Waals surface area contributed by atoms with Crippen LogP contribution in [-0.4, -0.2) is 23.2 Å². The summed E-state index contributed by atoms with van der Waals surface area (Å²) in [4.78, 5) is 11.1. The van der Waals surface area contributed by atoms with Crippen LogP contribution in [0.15, 0.2) is 0 Å². The van der Waals surface area contributed by atoms with Gasteiger partial charge in [0.25, 0.3) is 0 Å². The van der Waals surface area contributed by atoms with E-state index in [1.165, 1.54) is 19.3 Å². The molecule has 14 heavy (non-hydrogen) atoms. The van der Waals surface area contributed by atoms with Crippen molar-refractivity contribution in [3.05, 3.63) is 0 Å². The number of fused-ring (bicyclic) bond motifs is 1. The van der Waals surface area contributed by atoms with Crippen LogP contribution in [0.5, 0.6) is 0 Å². The monoisotopic (exact) mass is 219 g/mol. The summed E-state index contributed by atoms with van der Waals surface area (Å²) in [5.74, 6) is 0.288. The lowest BCUT2D eigenvalue weighted by Crippen LogP contribution is -2.49. The first-order valence-electron chi connectivity index (χ1n) is 5.13. The molecule has 2 N–H and O–H groups in total. The maximum Gasteiger partial charge on any atom is 0.323 e. The molecule has 4 heteroatoms. The van der Waals surface area contributed by atoms with Crippen LogP contribution in [0, 0.1) is 11.8 Å². The van der Waals surface area contributed by atoms with Crippen LogP contribution in [0.4, 0.5) is 0 Å². The highest BCUT2D eigenvalue weighted by atomic mass is 35.5. The fourth-order valence-electron chi connectivity index (χ4n) is 2.92. The molecular weight excluding hydrogens is 202 g/mol. The predicted molar refractivity (Wildman–Crippen MR) is 56.7 cm³/mol. The molecule has 0 radical (unpaired) electrons. The van der Waals surface area contributed by atoms with Crippen LogP contribution in [0.2, 0.25) is 0 Å². The molecule has 0 amide bonds. The Labute approximate surface area is 90.7 Å². The van der Waals surface area contributed by atoms with E-state index in [1.54, 1.807) is 0 Å². The fraction of sp³-hybridized carbons (Fsp3) is 0.900. The van der Waals surface area contributed by atoms with E-state index in [2.05, 4.69) is 5.32 Å². The van der Waals surface area contributed by atoms with E-state index in [1.807, 2.05) is 6.92 Å². The lowest BCUT2D eigenvalue weighted by atomic mass is 9.73. The average molecular weight is 220 g/mol. The van der Waals surface area contributed by atoms with Crippen molar-refractivity contribution in [1.29, 1.82) is 0 Å². The molecule has 1 heterocycles. The molecule has 0 unspecified atom stereocenters. The Morgan fingerprint density at radius 1 is 1.43 bits per heavy atom. The second kappa shape index (κ2) is 4.07. The van der Waals surface area contributed by atoms with E-state index in [0.717, 1.165) is 13.0 Å². The van der Waals surface area contributed by atoms with Gasteiger partial charge >= 0.3 is 5.97 Å². The van der Waals surface area contributed by atoms with Crippen molar-refractivity contribution in [1.82, 2.24) is 5.32 Å². The van der Waals surface area contributed by atoms with Crippen molar-refractivity contribution in [2.75, 3.05) is 6.54 Å². The Bertz CT molecular complexity index is 234. The molecule has 2 rings (SSSR count). The van der Waals surface area contributed by atoms with Gasteiger partial charge in [-0.15, -0.1) is 12.4 Å². The SMILES string of the molecule is C[C@]1(C(=O)O)NC[C@H]2CCCC[C@H]21.Cl. The van der Waals surface area contributed by atoms with E-state index in [9.17, 15) is 4.79 Å². The number of hydrogen-bond donors (Lipinski definition) is 2. The number of aliphatic carboxylic acids is 1. The zero-order valence-corrected chi connectivity index (χ0v) is 9.27. The number of nitrogens with one attached hydrogen (secondary N) is 1. The quantitative estimate of drug-likeness (QED) is 0.705. The standard InChI is InChI=1S/C10H17NO2.ClH/c1-10(9(12)13)8-5-3-2-4-7(8)6-11-10;/h7-8,11H,2-6H2,1H3,(H,12,13);1H/t7-,8-,10+;/m1./s1. The van der Waals surface area contributed by atoms with Crippen molar-refractivity contribution >= 4 is 18.4 Å². The maximum atomic E-state index is 11.1. The number of hydrogen-bond acceptors (Lipinski definition) is 2. The summed E-state index contributed by atoms with van der Waals surface area (Å²) in [6, 6.07) is 0. The molecule has 0 aromatic heterocycles. The zero-order chi connectivity index (χ0) is 9.47. The summed E-state index contributed by atoms with van der Waals surface area (Å²) in [5, 5.41) is 12.3. The minimum absolute atomic E-state index is 0. The van der Waals surface area contributed by atoms with Crippen molar-refractivity contribution in [3.63, 3.8) is 0 Å². The van der Waals surface area contributed by atoms with E-state index in [4.69, 9.17) is 5.11 Å². The number of halogens is 1. The molecule has 1 aliphatic heterocycles. The van der Waals surface area contributed by atoms with Gasteiger partial charge in [-0.05, 0) is 38.1 Å². The smallest absolute Gasteiger partial charge is 0.323 e. The second-order valence-electron chi connectivity index (χ2n) is 4.54. The summed E-state index contributed by atoms with van der Waals surface area (Å²) in [5.41, 5.74) is -0.648. The van der Waals surface area contributed by atoms with E-state index >= 15 is 0 Å². The highest BCUT2D eigenvalue weighted by molar-refractivity contribution is 5.85. The number of carboxylic acid groups (broad SMARTS) is 1. The Morgan fingerprint density at radius 2 is 2.07 bits per heavy atom. The Balaban J connectivity index is 0.000000980. The van der Waals surface area contributed by atoms with Crippen molar-refractivity contribution in [2.24, 2.45) is 11.8 Å². The Kier molecular flexibility index (Phi) is 3.43. The fourth-order valence-corrected chi connectivity index (χ4v) is 2.92. The molecule has 3 atom stereocenters. The highest BCUT2D eigenvalue weighted by Crippen LogP contribution is 2.41. The van der Waals surface area contributed by atoms with Crippen LogP contribution in [0.3, 0.4) is 0 Å². The third-order valence-electron chi connectivity index (χ3n) is 3.83. The largest absolute Gasteiger partial charge is 0.480 e. The topological polar surface area (TPSA) is 49.3 Å². The summed E-state index contributed by atoms with van der Waals surface area (Å²) < 4.78 is 0. The molecular formula is C10H18ClNO2. The molecule has 0 aromatic carbocycles. The van der Waals surface area contributed by atoms with Gasteiger partial charge in [0.05, 0.1) is 0 Å². The third kappa shape index (κ3) is 1.63. The average Bonchev–Trinajstić information content (AvgIpc) is 2.47.